The van der Waals surface area contributed by atoms with E-state index in [1.807, 2.05) is 12.1 Å². The Morgan fingerprint density at radius 2 is 1.50 bits per heavy atom. The summed E-state index contributed by atoms with van der Waals surface area (Å²) in [5.74, 6) is 0.130. The molecule has 118 valence electrons. The van der Waals surface area contributed by atoms with Crippen LogP contribution in [-0.4, -0.2) is 5.96 Å². The highest BCUT2D eigenvalue weighted by molar-refractivity contribution is 6.44. The average Bonchev–Trinajstić information content (AvgIpc) is 2.99. The Hall–Kier alpha value is -2.49. The number of anilines is 2. The van der Waals surface area contributed by atoms with Crippen molar-refractivity contribution in [3.05, 3.63) is 69.7 Å². The van der Waals surface area contributed by atoms with Gasteiger partial charge in [0.1, 0.15) is 0 Å². The van der Waals surface area contributed by atoms with Crippen molar-refractivity contribution in [2.24, 2.45) is 0 Å². The normalized spacial score (nSPS) is 11.8. The van der Waals surface area contributed by atoms with Crippen molar-refractivity contribution in [1.29, 1.82) is 5.41 Å². The predicted molar refractivity (Wildman–Crippen MR) is 104 cm³/mol. The molecule has 0 amide bonds. The van der Waals surface area contributed by atoms with Crippen LogP contribution in [0, 0.1) is 5.41 Å². The van der Waals surface area contributed by atoms with Crippen LogP contribution in [0.25, 0.3) is 22.9 Å². The monoisotopic (exact) mass is 353 g/mol. The smallest absolute Gasteiger partial charge is 0.197 e. The van der Waals surface area contributed by atoms with Crippen LogP contribution in [0.15, 0.2) is 48.5 Å². The summed E-state index contributed by atoms with van der Waals surface area (Å²) in [5, 5.41) is 17.4. The number of hydrogen-bond acceptors (Lipinski definition) is 1. The first-order valence-electron chi connectivity index (χ1n) is 7.44. The molecule has 0 spiro atoms. The van der Waals surface area contributed by atoms with E-state index < -0.39 is 0 Å². The van der Waals surface area contributed by atoms with Gasteiger partial charge in [0, 0.05) is 11.1 Å². The maximum absolute atomic E-state index is 8.19. The van der Waals surface area contributed by atoms with Gasteiger partial charge in [-0.2, -0.15) is 0 Å². The molecule has 0 bridgehead atoms. The van der Waals surface area contributed by atoms with Gasteiger partial charge in [-0.05, 0) is 34.7 Å². The maximum Gasteiger partial charge on any atom is 0.197 e. The van der Waals surface area contributed by atoms with Gasteiger partial charge in [-0.25, -0.2) is 0 Å². The van der Waals surface area contributed by atoms with Crippen LogP contribution >= 0.6 is 23.2 Å². The van der Waals surface area contributed by atoms with Gasteiger partial charge in [0.2, 0.25) is 0 Å². The zero-order valence-electron chi connectivity index (χ0n) is 12.5. The van der Waals surface area contributed by atoms with Gasteiger partial charge in [-0.3, -0.25) is 5.41 Å². The number of guanidine groups is 1. The number of benzene rings is 3. The predicted octanol–water partition coefficient (Wildman–Crippen LogP) is 6.09. The van der Waals surface area contributed by atoms with Crippen LogP contribution in [0.5, 0.6) is 0 Å². The van der Waals surface area contributed by atoms with Gasteiger partial charge in [0.25, 0.3) is 0 Å². The van der Waals surface area contributed by atoms with E-state index in [1.165, 1.54) is 16.5 Å². The second-order valence-corrected chi connectivity index (χ2v) is 6.32. The Bertz CT molecular complexity index is 997. The zero-order valence-corrected chi connectivity index (χ0v) is 14.0. The van der Waals surface area contributed by atoms with Crippen molar-refractivity contribution in [1.82, 2.24) is 0 Å². The van der Waals surface area contributed by atoms with Gasteiger partial charge in [0.15, 0.2) is 5.96 Å². The Kier molecular flexibility index (Phi) is 3.68. The van der Waals surface area contributed by atoms with Gasteiger partial charge < -0.3 is 10.6 Å². The molecular weight excluding hydrogens is 341 g/mol. The number of nitrogens with one attached hydrogen (secondary N) is 3. The van der Waals surface area contributed by atoms with Crippen LogP contribution < -0.4 is 10.6 Å². The summed E-state index contributed by atoms with van der Waals surface area (Å²) in [4.78, 5) is 0. The highest BCUT2D eigenvalue weighted by Gasteiger charge is 2.13. The van der Waals surface area contributed by atoms with E-state index in [0.29, 0.717) is 15.7 Å². The molecule has 3 N–H and O–H groups in total. The largest absolute Gasteiger partial charge is 0.326 e. The molecule has 0 unspecified atom stereocenters. The lowest BCUT2D eigenvalue weighted by molar-refractivity contribution is 1.44. The molecule has 0 aromatic heterocycles. The molecule has 1 aliphatic carbocycles. The Morgan fingerprint density at radius 1 is 0.792 bits per heavy atom. The Morgan fingerprint density at radius 3 is 2.33 bits per heavy atom. The molecule has 0 atom stereocenters. The molecule has 0 aliphatic heterocycles. The van der Waals surface area contributed by atoms with Gasteiger partial charge >= 0.3 is 0 Å². The van der Waals surface area contributed by atoms with Crippen LogP contribution in [0.2, 0.25) is 10.0 Å². The van der Waals surface area contributed by atoms with Crippen molar-refractivity contribution in [2.45, 2.75) is 0 Å². The molecule has 0 fully saturated rings. The molecule has 3 nitrogen and oxygen atoms in total. The van der Waals surface area contributed by atoms with Gasteiger partial charge in [0.05, 0.1) is 15.7 Å². The molecule has 0 radical (unpaired) electrons. The van der Waals surface area contributed by atoms with Crippen molar-refractivity contribution >= 4 is 63.5 Å². The molecule has 1 aliphatic rings. The molecule has 3 aromatic rings. The molecule has 0 saturated carbocycles. The van der Waals surface area contributed by atoms with E-state index >= 15 is 0 Å². The lowest BCUT2D eigenvalue weighted by Gasteiger charge is -2.14. The van der Waals surface area contributed by atoms with E-state index in [4.69, 9.17) is 28.6 Å². The maximum atomic E-state index is 8.19. The summed E-state index contributed by atoms with van der Waals surface area (Å²) in [6.07, 6.45) is 4.22. The highest BCUT2D eigenvalue weighted by atomic mass is 35.5. The Labute approximate surface area is 149 Å². The lowest BCUT2D eigenvalue weighted by Crippen LogP contribution is -2.20. The van der Waals surface area contributed by atoms with Gasteiger partial charge in [-0.15, -0.1) is 0 Å². The van der Waals surface area contributed by atoms with E-state index in [2.05, 4.69) is 41.0 Å². The summed E-state index contributed by atoms with van der Waals surface area (Å²) >= 11 is 12.2. The second-order valence-electron chi connectivity index (χ2n) is 5.53. The van der Waals surface area contributed by atoms with Crippen LogP contribution in [0.4, 0.5) is 11.4 Å². The first-order chi connectivity index (χ1) is 11.6. The molecule has 0 saturated heterocycles. The number of rotatable bonds is 2. The third-order valence-corrected chi connectivity index (χ3v) is 4.84. The van der Waals surface area contributed by atoms with E-state index in [1.54, 1.807) is 18.2 Å². The summed E-state index contributed by atoms with van der Waals surface area (Å²) in [6.45, 7) is 0. The van der Waals surface area contributed by atoms with Crippen molar-refractivity contribution < 1.29 is 0 Å². The minimum atomic E-state index is 0.130. The summed E-state index contributed by atoms with van der Waals surface area (Å²) < 4.78 is 0. The summed E-state index contributed by atoms with van der Waals surface area (Å²) in [6, 6.07) is 15.5. The first-order valence-corrected chi connectivity index (χ1v) is 8.19. The van der Waals surface area contributed by atoms with Crippen LogP contribution in [0.1, 0.15) is 11.1 Å². The van der Waals surface area contributed by atoms with Crippen molar-refractivity contribution in [3.8, 4) is 0 Å². The minimum Gasteiger partial charge on any atom is -0.326 e. The first kappa shape index (κ1) is 15.1. The topological polar surface area (TPSA) is 47.9 Å². The third-order valence-electron chi connectivity index (χ3n) is 4.02. The second kappa shape index (κ2) is 5.86. The molecule has 5 heteroatoms. The molecule has 0 heterocycles. The fourth-order valence-corrected chi connectivity index (χ4v) is 3.28. The quantitative estimate of drug-likeness (QED) is 0.301. The standard InChI is InChI=1S/C19H13Cl2N3/c20-14-5-2-6-16(18(14)21)24-19(22)23-15-10-9-12-8-7-11-3-1-4-13(15)17(11)12/h1-10H,(H3,22,23,24). The fraction of sp³-hybridized carbons (Fsp3) is 0. The Balaban J connectivity index is 1.64. The van der Waals surface area contributed by atoms with Crippen molar-refractivity contribution in [2.75, 3.05) is 10.6 Å². The molecular formula is C19H13Cl2N3. The van der Waals surface area contributed by atoms with E-state index in [9.17, 15) is 0 Å². The van der Waals surface area contributed by atoms with E-state index in [0.717, 1.165) is 11.1 Å². The fourth-order valence-electron chi connectivity index (χ4n) is 2.93. The molecule has 4 rings (SSSR count). The van der Waals surface area contributed by atoms with E-state index in [-0.39, 0.29) is 5.96 Å². The van der Waals surface area contributed by atoms with Crippen LogP contribution in [0.3, 0.4) is 0 Å². The number of halogens is 2. The average molecular weight is 354 g/mol. The third kappa shape index (κ3) is 2.52. The molecule has 3 aromatic carbocycles. The summed E-state index contributed by atoms with van der Waals surface area (Å²) in [7, 11) is 0. The zero-order chi connectivity index (χ0) is 16.7. The SMILES string of the molecule is N=C(Nc1cccc(Cl)c1Cl)Nc1ccc2c3c(cccc13)C=C2. The highest BCUT2D eigenvalue weighted by Crippen LogP contribution is 2.35. The molecule has 24 heavy (non-hydrogen) atoms. The van der Waals surface area contributed by atoms with Crippen molar-refractivity contribution in [3.63, 3.8) is 0 Å². The minimum absolute atomic E-state index is 0.130. The summed E-state index contributed by atoms with van der Waals surface area (Å²) in [5.41, 5.74) is 3.86. The van der Waals surface area contributed by atoms with Gasteiger partial charge in [-0.1, -0.05) is 65.7 Å². The lowest BCUT2D eigenvalue weighted by atomic mass is 10.0. The number of hydrogen-bond donors (Lipinski definition) is 3. The van der Waals surface area contributed by atoms with Crippen LogP contribution in [-0.2, 0) is 0 Å².